The van der Waals surface area contributed by atoms with E-state index in [0.717, 1.165) is 6.54 Å². The van der Waals surface area contributed by atoms with E-state index in [-0.39, 0.29) is 12.1 Å². The summed E-state index contributed by atoms with van der Waals surface area (Å²) in [5.74, 6) is -0.258. The van der Waals surface area contributed by atoms with Gasteiger partial charge in [0.1, 0.15) is 0 Å². The maximum absolute atomic E-state index is 11.6. The molecule has 1 aromatic carbocycles. The van der Waals surface area contributed by atoms with Crippen LogP contribution < -0.4 is 0 Å². The highest BCUT2D eigenvalue weighted by Gasteiger charge is 2.08. The van der Waals surface area contributed by atoms with Crippen LogP contribution in [0.5, 0.6) is 0 Å². The molecule has 1 aromatic rings. The zero-order chi connectivity index (χ0) is 12.1. The smallest absolute Gasteiger partial charge is 0.338 e. The second-order valence-electron chi connectivity index (χ2n) is 4.39. The molecule has 0 fully saturated rings. The number of hydrogen-bond donors (Lipinski definition) is 0. The lowest BCUT2D eigenvalue weighted by molar-refractivity contribution is 0.0378. The number of nitrogens with zero attached hydrogens (tertiary/aromatic N) is 1. The van der Waals surface area contributed by atoms with Crippen LogP contribution >= 0.6 is 0 Å². The van der Waals surface area contributed by atoms with E-state index in [9.17, 15) is 4.79 Å². The summed E-state index contributed by atoms with van der Waals surface area (Å²) < 4.78 is 5.11. The lowest BCUT2D eigenvalue weighted by Gasteiger charge is -2.11. The summed E-state index contributed by atoms with van der Waals surface area (Å²) in [5, 5.41) is 0. The molecule has 0 N–H and O–H groups in total. The standard InChI is InChI=1S/C13H19NO2/c1-10(2)16-13(15)12-7-5-11(6-8-12)9-14(3)4/h5-8,10H,9H2,1-4H3. The van der Waals surface area contributed by atoms with E-state index in [4.69, 9.17) is 4.74 Å². The Balaban J connectivity index is 2.67. The summed E-state index contributed by atoms with van der Waals surface area (Å²) in [6.45, 7) is 4.57. The molecule has 0 heterocycles. The Morgan fingerprint density at radius 1 is 1.25 bits per heavy atom. The van der Waals surface area contributed by atoms with Gasteiger partial charge in [0.15, 0.2) is 0 Å². The van der Waals surface area contributed by atoms with Gasteiger partial charge in [0.2, 0.25) is 0 Å². The van der Waals surface area contributed by atoms with Gasteiger partial charge in [-0.15, -0.1) is 0 Å². The van der Waals surface area contributed by atoms with Gasteiger partial charge in [-0.3, -0.25) is 0 Å². The van der Waals surface area contributed by atoms with E-state index in [0.29, 0.717) is 5.56 Å². The van der Waals surface area contributed by atoms with Crippen molar-refractivity contribution in [3.8, 4) is 0 Å². The maximum Gasteiger partial charge on any atom is 0.338 e. The Morgan fingerprint density at radius 3 is 2.25 bits per heavy atom. The monoisotopic (exact) mass is 221 g/mol. The second-order valence-corrected chi connectivity index (χ2v) is 4.39. The first kappa shape index (κ1) is 12.7. The average Bonchev–Trinajstić information content (AvgIpc) is 2.16. The molecule has 0 bridgehead atoms. The van der Waals surface area contributed by atoms with Gasteiger partial charge in [-0.2, -0.15) is 0 Å². The highest BCUT2D eigenvalue weighted by atomic mass is 16.5. The molecule has 0 aromatic heterocycles. The van der Waals surface area contributed by atoms with Crippen LogP contribution in [0.25, 0.3) is 0 Å². The van der Waals surface area contributed by atoms with Crippen molar-refractivity contribution in [2.24, 2.45) is 0 Å². The molecule has 88 valence electrons. The molecule has 0 amide bonds. The van der Waals surface area contributed by atoms with Gasteiger partial charge >= 0.3 is 5.97 Å². The molecular weight excluding hydrogens is 202 g/mol. The van der Waals surface area contributed by atoms with Crippen LogP contribution in [0, 0.1) is 0 Å². The van der Waals surface area contributed by atoms with Crippen molar-refractivity contribution in [1.82, 2.24) is 4.90 Å². The zero-order valence-electron chi connectivity index (χ0n) is 10.4. The Kier molecular flexibility index (Phi) is 4.50. The summed E-state index contributed by atoms with van der Waals surface area (Å²) in [7, 11) is 4.03. The van der Waals surface area contributed by atoms with Crippen LogP contribution in [-0.2, 0) is 11.3 Å². The molecule has 16 heavy (non-hydrogen) atoms. The highest BCUT2D eigenvalue weighted by molar-refractivity contribution is 5.89. The van der Waals surface area contributed by atoms with Gasteiger partial charge in [0.05, 0.1) is 11.7 Å². The summed E-state index contributed by atoms with van der Waals surface area (Å²) in [6, 6.07) is 7.53. The highest BCUT2D eigenvalue weighted by Crippen LogP contribution is 2.08. The Morgan fingerprint density at radius 2 is 1.81 bits per heavy atom. The van der Waals surface area contributed by atoms with Gasteiger partial charge < -0.3 is 9.64 Å². The SMILES string of the molecule is CC(C)OC(=O)c1ccc(CN(C)C)cc1. The van der Waals surface area contributed by atoms with E-state index in [1.54, 1.807) is 0 Å². The Bertz CT molecular complexity index is 341. The maximum atomic E-state index is 11.6. The number of benzene rings is 1. The van der Waals surface area contributed by atoms with E-state index in [1.165, 1.54) is 5.56 Å². The summed E-state index contributed by atoms with van der Waals surface area (Å²) in [5.41, 5.74) is 1.79. The van der Waals surface area contributed by atoms with Gasteiger partial charge in [0.25, 0.3) is 0 Å². The van der Waals surface area contributed by atoms with Crippen LogP contribution in [0.2, 0.25) is 0 Å². The van der Waals surface area contributed by atoms with Gasteiger partial charge in [-0.25, -0.2) is 4.79 Å². The number of hydrogen-bond acceptors (Lipinski definition) is 3. The fourth-order valence-electron chi connectivity index (χ4n) is 1.39. The van der Waals surface area contributed by atoms with Crippen LogP contribution in [0.3, 0.4) is 0 Å². The van der Waals surface area contributed by atoms with Crippen LogP contribution in [0.15, 0.2) is 24.3 Å². The summed E-state index contributed by atoms with van der Waals surface area (Å²) in [6.07, 6.45) is -0.0750. The number of ether oxygens (including phenoxy) is 1. The van der Waals surface area contributed by atoms with Crippen molar-refractivity contribution in [1.29, 1.82) is 0 Å². The van der Waals surface area contributed by atoms with Crippen LogP contribution in [0.4, 0.5) is 0 Å². The largest absolute Gasteiger partial charge is 0.459 e. The van der Waals surface area contributed by atoms with Gasteiger partial charge in [-0.1, -0.05) is 12.1 Å². The lowest BCUT2D eigenvalue weighted by Crippen LogP contribution is -2.13. The fraction of sp³-hybridized carbons (Fsp3) is 0.462. The number of rotatable bonds is 4. The van der Waals surface area contributed by atoms with Crippen molar-refractivity contribution in [3.05, 3.63) is 35.4 Å². The lowest BCUT2D eigenvalue weighted by atomic mass is 10.1. The topological polar surface area (TPSA) is 29.5 Å². The minimum atomic E-state index is -0.258. The van der Waals surface area contributed by atoms with Gasteiger partial charge in [-0.05, 0) is 45.6 Å². The Hall–Kier alpha value is -1.35. The van der Waals surface area contributed by atoms with E-state index < -0.39 is 0 Å². The molecule has 0 atom stereocenters. The number of carbonyl (C=O) groups excluding carboxylic acids is 1. The third-order valence-electron chi connectivity index (χ3n) is 2.03. The molecule has 0 aliphatic rings. The van der Waals surface area contributed by atoms with Crippen LogP contribution in [-0.4, -0.2) is 31.1 Å². The van der Waals surface area contributed by atoms with Gasteiger partial charge in [0, 0.05) is 6.54 Å². The fourth-order valence-corrected chi connectivity index (χ4v) is 1.39. The summed E-state index contributed by atoms with van der Waals surface area (Å²) >= 11 is 0. The molecule has 0 saturated carbocycles. The molecule has 0 unspecified atom stereocenters. The number of esters is 1. The van der Waals surface area contributed by atoms with Crippen molar-refractivity contribution < 1.29 is 9.53 Å². The Labute approximate surface area is 97.0 Å². The van der Waals surface area contributed by atoms with E-state index in [1.807, 2.05) is 52.2 Å². The van der Waals surface area contributed by atoms with E-state index in [2.05, 4.69) is 4.90 Å². The van der Waals surface area contributed by atoms with E-state index >= 15 is 0 Å². The third kappa shape index (κ3) is 4.03. The van der Waals surface area contributed by atoms with Crippen molar-refractivity contribution in [3.63, 3.8) is 0 Å². The quantitative estimate of drug-likeness (QED) is 0.731. The van der Waals surface area contributed by atoms with Crippen molar-refractivity contribution in [2.75, 3.05) is 14.1 Å². The molecule has 0 aliphatic heterocycles. The molecule has 0 saturated heterocycles. The summed E-state index contributed by atoms with van der Waals surface area (Å²) in [4.78, 5) is 13.6. The molecule has 0 spiro atoms. The molecule has 0 aliphatic carbocycles. The normalized spacial score (nSPS) is 10.9. The predicted octanol–water partition coefficient (Wildman–Crippen LogP) is 2.31. The minimum Gasteiger partial charge on any atom is -0.459 e. The minimum absolute atomic E-state index is 0.0750. The van der Waals surface area contributed by atoms with Crippen molar-refractivity contribution in [2.45, 2.75) is 26.5 Å². The molecule has 3 heteroatoms. The molecule has 3 nitrogen and oxygen atoms in total. The molecular formula is C13H19NO2. The zero-order valence-corrected chi connectivity index (χ0v) is 10.4. The first-order valence-corrected chi connectivity index (χ1v) is 5.43. The van der Waals surface area contributed by atoms with Crippen LogP contribution in [0.1, 0.15) is 29.8 Å². The molecule has 0 radical (unpaired) electrons. The third-order valence-corrected chi connectivity index (χ3v) is 2.03. The first-order valence-electron chi connectivity index (χ1n) is 5.43. The second kappa shape index (κ2) is 5.66. The number of carbonyl (C=O) groups is 1. The first-order chi connectivity index (χ1) is 7.49. The predicted molar refractivity (Wildman–Crippen MR) is 64.4 cm³/mol. The molecule has 1 rings (SSSR count). The average molecular weight is 221 g/mol. The van der Waals surface area contributed by atoms with Crippen molar-refractivity contribution >= 4 is 5.97 Å².